The van der Waals surface area contributed by atoms with E-state index in [2.05, 4.69) is 4.98 Å². The first-order valence-corrected chi connectivity index (χ1v) is 10.5. The Morgan fingerprint density at radius 2 is 1.70 bits per heavy atom. The second-order valence-electron chi connectivity index (χ2n) is 6.43. The predicted octanol–water partition coefficient (Wildman–Crippen LogP) is 5.54. The van der Waals surface area contributed by atoms with E-state index in [1.54, 1.807) is 36.4 Å². The lowest BCUT2D eigenvalue weighted by molar-refractivity contribution is 0.590. The van der Waals surface area contributed by atoms with Crippen molar-refractivity contribution >= 4 is 32.3 Å². The van der Waals surface area contributed by atoms with Gasteiger partial charge in [-0.1, -0.05) is 41.9 Å². The van der Waals surface area contributed by atoms with E-state index in [0.29, 0.717) is 10.9 Å². The summed E-state index contributed by atoms with van der Waals surface area (Å²) in [6, 6.07) is 16.6. The van der Waals surface area contributed by atoms with Crippen molar-refractivity contribution in [2.75, 3.05) is 0 Å². The highest BCUT2D eigenvalue weighted by Crippen LogP contribution is 2.40. The molecule has 0 unspecified atom stereocenters. The quantitative estimate of drug-likeness (QED) is 0.392. The minimum atomic E-state index is -4.42. The fourth-order valence-corrected chi connectivity index (χ4v) is 5.28. The molecule has 0 aliphatic carbocycles. The molecule has 0 aliphatic rings. The van der Waals surface area contributed by atoms with Gasteiger partial charge in [0.1, 0.15) is 21.7 Å². The van der Waals surface area contributed by atoms with Gasteiger partial charge in [-0.25, -0.2) is 22.2 Å². The van der Waals surface area contributed by atoms with E-state index in [9.17, 15) is 17.2 Å². The molecule has 0 atom stereocenters. The van der Waals surface area contributed by atoms with Gasteiger partial charge in [-0.3, -0.25) is 0 Å². The van der Waals surface area contributed by atoms with Crippen molar-refractivity contribution in [3.8, 4) is 17.2 Å². The van der Waals surface area contributed by atoms with Gasteiger partial charge in [0, 0.05) is 10.9 Å². The van der Waals surface area contributed by atoms with E-state index in [1.807, 2.05) is 0 Å². The van der Waals surface area contributed by atoms with Crippen molar-refractivity contribution in [2.45, 2.75) is 9.79 Å². The van der Waals surface area contributed by atoms with Crippen molar-refractivity contribution in [3.05, 3.63) is 89.1 Å². The molecule has 1 aromatic heterocycles. The van der Waals surface area contributed by atoms with Crippen LogP contribution in [0.15, 0.2) is 76.5 Å². The average molecular weight is 441 g/mol. The number of hydrogen-bond donors (Lipinski definition) is 0. The molecule has 4 aromatic rings. The summed E-state index contributed by atoms with van der Waals surface area (Å²) < 4.78 is 55.0. The third-order valence-corrected chi connectivity index (χ3v) is 6.68. The number of fused-ring (bicyclic) bond motifs is 1. The maximum Gasteiger partial charge on any atom is 0.210 e. The first-order chi connectivity index (χ1) is 14.3. The van der Waals surface area contributed by atoms with Gasteiger partial charge in [0.05, 0.1) is 22.0 Å². The Kier molecular flexibility index (Phi) is 4.98. The summed E-state index contributed by atoms with van der Waals surface area (Å²) in [6.07, 6.45) is 0. The van der Waals surface area contributed by atoms with E-state index in [0.717, 1.165) is 18.2 Å². The first kappa shape index (κ1) is 20.0. The Hall–Kier alpha value is -3.34. The highest BCUT2D eigenvalue weighted by molar-refractivity contribution is 7.91. The van der Waals surface area contributed by atoms with Gasteiger partial charge in [-0.2, -0.15) is 5.26 Å². The Morgan fingerprint density at radius 1 is 0.933 bits per heavy atom. The highest BCUT2D eigenvalue weighted by atomic mass is 35.5. The number of nitrogens with zero attached hydrogens (tertiary/aromatic N) is 2. The summed E-state index contributed by atoms with van der Waals surface area (Å²) in [4.78, 5) is 3.34. The summed E-state index contributed by atoms with van der Waals surface area (Å²) in [6.45, 7) is 0. The Balaban J connectivity index is 2.14. The standard InChI is InChI=1S/C22H11ClF2N2O2S/c23-22-21(30(28,29)17-9-13(12-26)8-16(25)11-17)20(14-4-3-5-15(24)10-14)18-6-1-2-7-19(18)27-22/h1-11H. The number of pyridine rings is 1. The summed E-state index contributed by atoms with van der Waals surface area (Å²) in [5.74, 6) is -1.45. The van der Waals surface area contributed by atoms with Crippen molar-refractivity contribution in [3.63, 3.8) is 0 Å². The van der Waals surface area contributed by atoms with E-state index in [-0.39, 0.29) is 26.7 Å². The smallest absolute Gasteiger partial charge is 0.210 e. The zero-order valence-electron chi connectivity index (χ0n) is 15.1. The molecule has 0 radical (unpaired) electrons. The van der Waals surface area contributed by atoms with E-state index >= 15 is 0 Å². The van der Waals surface area contributed by atoms with Crippen LogP contribution in [-0.2, 0) is 9.84 Å². The maximum atomic E-state index is 14.0. The maximum absolute atomic E-state index is 14.0. The Labute approximate surface area is 175 Å². The number of aromatic nitrogens is 1. The van der Waals surface area contributed by atoms with Gasteiger partial charge in [0.15, 0.2) is 0 Å². The number of sulfone groups is 1. The largest absolute Gasteiger partial charge is 0.235 e. The number of nitriles is 1. The van der Waals surface area contributed by atoms with Gasteiger partial charge < -0.3 is 0 Å². The number of hydrogen-bond acceptors (Lipinski definition) is 4. The van der Waals surface area contributed by atoms with Crippen LogP contribution in [0, 0.1) is 23.0 Å². The number of para-hydroxylation sites is 1. The molecule has 0 amide bonds. The molecule has 0 saturated carbocycles. The normalized spacial score (nSPS) is 11.4. The van der Waals surface area contributed by atoms with Crippen molar-refractivity contribution in [1.29, 1.82) is 5.26 Å². The van der Waals surface area contributed by atoms with Crippen LogP contribution in [0.1, 0.15) is 5.56 Å². The molecule has 3 aromatic carbocycles. The van der Waals surface area contributed by atoms with Gasteiger partial charge in [0.25, 0.3) is 0 Å². The molecule has 0 N–H and O–H groups in total. The van der Waals surface area contributed by atoms with Crippen LogP contribution >= 0.6 is 11.6 Å². The molecule has 0 bridgehead atoms. The van der Waals surface area contributed by atoms with Gasteiger partial charge >= 0.3 is 0 Å². The van der Waals surface area contributed by atoms with Crippen LogP contribution in [0.5, 0.6) is 0 Å². The second kappa shape index (κ2) is 7.48. The van der Waals surface area contributed by atoms with Gasteiger partial charge in [-0.15, -0.1) is 0 Å². The zero-order chi connectivity index (χ0) is 21.5. The van der Waals surface area contributed by atoms with Crippen molar-refractivity contribution in [2.24, 2.45) is 0 Å². The fourth-order valence-electron chi connectivity index (χ4n) is 3.24. The monoisotopic (exact) mass is 440 g/mol. The molecule has 30 heavy (non-hydrogen) atoms. The van der Waals surface area contributed by atoms with Gasteiger partial charge in [0.2, 0.25) is 9.84 Å². The molecule has 4 rings (SSSR count). The lowest BCUT2D eigenvalue weighted by Gasteiger charge is -2.16. The van der Waals surface area contributed by atoms with E-state index in [4.69, 9.17) is 16.9 Å². The third kappa shape index (κ3) is 3.41. The van der Waals surface area contributed by atoms with Crippen LogP contribution in [-0.4, -0.2) is 13.4 Å². The Morgan fingerprint density at radius 3 is 2.43 bits per heavy atom. The van der Waals surface area contributed by atoms with E-state index < -0.39 is 26.4 Å². The minimum Gasteiger partial charge on any atom is -0.235 e. The molecular weight excluding hydrogens is 430 g/mol. The highest BCUT2D eigenvalue weighted by Gasteiger charge is 2.29. The topological polar surface area (TPSA) is 70.8 Å². The van der Waals surface area contributed by atoms with Crippen molar-refractivity contribution in [1.82, 2.24) is 4.98 Å². The lowest BCUT2D eigenvalue weighted by atomic mass is 10.0. The predicted molar refractivity (Wildman–Crippen MR) is 109 cm³/mol. The minimum absolute atomic E-state index is 0.146. The average Bonchev–Trinajstić information content (AvgIpc) is 2.72. The molecular formula is C22H11ClF2N2O2S. The molecule has 0 fully saturated rings. The van der Waals surface area contributed by atoms with Crippen LogP contribution in [0.25, 0.3) is 22.0 Å². The lowest BCUT2D eigenvalue weighted by Crippen LogP contribution is -2.08. The molecule has 148 valence electrons. The summed E-state index contributed by atoms with van der Waals surface area (Å²) in [5.41, 5.74) is 0.669. The number of rotatable bonds is 3. The molecule has 8 heteroatoms. The summed E-state index contributed by atoms with van der Waals surface area (Å²) in [7, 11) is -4.42. The fraction of sp³-hybridized carbons (Fsp3) is 0. The molecule has 0 spiro atoms. The SMILES string of the molecule is N#Cc1cc(F)cc(S(=O)(=O)c2c(Cl)nc3ccccc3c2-c2cccc(F)c2)c1. The van der Waals surface area contributed by atoms with Crippen LogP contribution in [0.3, 0.4) is 0 Å². The van der Waals surface area contributed by atoms with Crippen LogP contribution in [0.4, 0.5) is 8.78 Å². The number of halogens is 3. The number of benzene rings is 3. The summed E-state index contributed by atoms with van der Waals surface area (Å²) in [5, 5.41) is 9.19. The second-order valence-corrected chi connectivity index (χ2v) is 8.67. The molecule has 0 aliphatic heterocycles. The van der Waals surface area contributed by atoms with Crippen LogP contribution < -0.4 is 0 Å². The molecule has 0 saturated heterocycles. The third-order valence-electron chi connectivity index (χ3n) is 4.50. The van der Waals surface area contributed by atoms with Crippen molar-refractivity contribution < 1.29 is 17.2 Å². The van der Waals surface area contributed by atoms with E-state index in [1.165, 1.54) is 18.2 Å². The van der Waals surface area contributed by atoms with Gasteiger partial charge in [-0.05, 0) is 42.0 Å². The van der Waals surface area contributed by atoms with Crippen LogP contribution in [0.2, 0.25) is 5.15 Å². The molecule has 1 heterocycles. The Bertz CT molecular complexity index is 1460. The summed E-state index contributed by atoms with van der Waals surface area (Å²) >= 11 is 6.30. The molecule has 4 nitrogen and oxygen atoms in total. The first-order valence-electron chi connectivity index (χ1n) is 8.61. The zero-order valence-corrected chi connectivity index (χ0v) is 16.7.